The summed E-state index contributed by atoms with van der Waals surface area (Å²) in [5, 5.41) is 9.75. The molecule has 0 aromatic carbocycles. The second-order valence-electron chi connectivity index (χ2n) is 5.86. The van der Waals surface area contributed by atoms with Crippen molar-refractivity contribution in [3.8, 4) is 0 Å². The monoisotopic (exact) mass is 269 g/mol. The van der Waals surface area contributed by atoms with Crippen LogP contribution in [0.3, 0.4) is 0 Å². The zero-order valence-electron chi connectivity index (χ0n) is 12.0. The van der Waals surface area contributed by atoms with Crippen LogP contribution in [0, 0.1) is 0 Å². The van der Waals surface area contributed by atoms with Gasteiger partial charge in [-0.05, 0) is 52.0 Å². The highest BCUT2D eigenvalue weighted by Gasteiger charge is 2.39. The van der Waals surface area contributed by atoms with Gasteiger partial charge in [0.15, 0.2) is 0 Å². The molecule has 0 saturated carbocycles. The number of piperidine rings is 1. The van der Waals surface area contributed by atoms with Gasteiger partial charge in [-0.2, -0.15) is 0 Å². The maximum atomic E-state index is 11.2. The maximum absolute atomic E-state index is 11.2. The van der Waals surface area contributed by atoms with Crippen LogP contribution in [0.4, 0.5) is 0 Å². The van der Waals surface area contributed by atoms with Crippen LogP contribution < -0.4 is 0 Å². The predicted molar refractivity (Wildman–Crippen MR) is 73.9 cm³/mol. The lowest BCUT2D eigenvalue weighted by molar-refractivity contribution is -0.143. The minimum Gasteiger partial charge on any atom is -0.466 e. The van der Waals surface area contributed by atoms with Crippen molar-refractivity contribution < 1.29 is 14.6 Å². The minimum absolute atomic E-state index is 0.0661. The molecule has 110 valence electrons. The molecular formula is C15H27NO3. The Hall–Kier alpha value is -0.610. The van der Waals surface area contributed by atoms with Gasteiger partial charge in [0, 0.05) is 18.5 Å². The lowest BCUT2D eigenvalue weighted by Gasteiger charge is -2.37. The highest BCUT2D eigenvalue weighted by atomic mass is 16.5. The van der Waals surface area contributed by atoms with Crippen molar-refractivity contribution in [3.63, 3.8) is 0 Å². The number of aliphatic hydroxyl groups excluding tert-OH is 1. The number of carbonyl (C=O) groups is 1. The van der Waals surface area contributed by atoms with E-state index < -0.39 is 0 Å². The summed E-state index contributed by atoms with van der Waals surface area (Å²) in [7, 11) is 0. The van der Waals surface area contributed by atoms with Gasteiger partial charge in [-0.15, -0.1) is 0 Å². The fourth-order valence-electron chi connectivity index (χ4n) is 3.58. The first kappa shape index (κ1) is 14.8. The average Bonchev–Trinajstić information content (AvgIpc) is 2.61. The van der Waals surface area contributed by atoms with E-state index in [0.717, 1.165) is 38.6 Å². The number of fused-ring (bicyclic) bond motifs is 2. The molecule has 4 heteroatoms. The molecule has 2 heterocycles. The summed E-state index contributed by atoms with van der Waals surface area (Å²) in [5.74, 6) is -0.0661. The highest BCUT2D eigenvalue weighted by molar-refractivity contribution is 5.69. The number of ether oxygens (including phenoxy) is 1. The average molecular weight is 269 g/mol. The topological polar surface area (TPSA) is 49.8 Å². The second kappa shape index (κ2) is 7.25. The van der Waals surface area contributed by atoms with Crippen LogP contribution in [0.2, 0.25) is 0 Å². The fourth-order valence-corrected chi connectivity index (χ4v) is 3.58. The number of rotatable bonds is 7. The van der Waals surface area contributed by atoms with E-state index >= 15 is 0 Å². The van der Waals surface area contributed by atoms with E-state index in [1.165, 1.54) is 12.8 Å². The molecule has 1 N–H and O–H groups in total. The van der Waals surface area contributed by atoms with E-state index in [0.29, 0.717) is 25.1 Å². The van der Waals surface area contributed by atoms with Crippen LogP contribution >= 0.6 is 0 Å². The second-order valence-corrected chi connectivity index (χ2v) is 5.86. The largest absolute Gasteiger partial charge is 0.466 e. The molecule has 0 aliphatic carbocycles. The van der Waals surface area contributed by atoms with Crippen molar-refractivity contribution >= 4 is 5.97 Å². The molecule has 2 saturated heterocycles. The van der Waals surface area contributed by atoms with Gasteiger partial charge in [0.2, 0.25) is 0 Å². The van der Waals surface area contributed by atoms with Crippen molar-refractivity contribution in [1.29, 1.82) is 0 Å². The van der Waals surface area contributed by atoms with E-state index in [-0.39, 0.29) is 12.1 Å². The number of nitrogens with zero attached hydrogens (tertiary/aromatic N) is 1. The molecule has 2 aliphatic heterocycles. The summed E-state index contributed by atoms with van der Waals surface area (Å²) < 4.78 is 4.92. The van der Waals surface area contributed by atoms with Crippen LogP contribution in [0.25, 0.3) is 0 Å². The van der Waals surface area contributed by atoms with Gasteiger partial charge in [-0.3, -0.25) is 9.69 Å². The molecule has 2 rings (SSSR count). The van der Waals surface area contributed by atoms with Crippen molar-refractivity contribution in [2.24, 2.45) is 0 Å². The molecule has 19 heavy (non-hydrogen) atoms. The summed E-state index contributed by atoms with van der Waals surface area (Å²) >= 11 is 0. The molecule has 2 aliphatic rings. The summed E-state index contributed by atoms with van der Waals surface area (Å²) in [6.07, 6.45) is 8.09. The van der Waals surface area contributed by atoms with E-state index in [4.69, 9.17) is 4.74 Å². The molecule has 2 bridgehead atoms. The molecule has 2 atom stereocenters. The lowest BCUT2D eigenvalue weighted by atomic mass is 9.99. The Labute approximate surface area is 116 Å². The van der Waals surface area contributed by atoms with Crippen LogP contribution in [0.15, 0.2) is 0 Å². The van der Waals surface area contributed by atoms with E-state index in [2.05, 4.69) is 4.90 Å². The normalized spacial score (nSPS) is 30.5. The Morgan fingerprint density at radius 2 is 1.89 bits per heavy atom. The summed E-state index contributed by atoms with van der Waals surface area (Å²) in [6.45, 7) is 3.46. The Balaban J connectivity index is 1.58. The van der Waals surface area contributed by atoms with E-state index in [9.17, 15) is 9.90 Å². The Morgan fingerprint density at radius 3 is 2.53 bits per heavy atom. The molecular weight excluding hydrogens is 242 g/mol. The third kappa shape index (κ3) is 4.18. The quantitative estimate of drug-likeness (QED) is 0.568. The number of unbranched alkanes of at least 4 members (excludes halogenated alkanes) is 2. The number of aliphatic hydroxyl groups is 1. The van der Waals surface area contributed by atoms with Crippen LogP contribution in [0.5, 0.6) is 0 Å². The third-order valence-electron chi connectivity index (χ3n) is 4.46. The van der Waals surface area contributed by atoms with E-state index in [1.807, 2.05) is 6.92 Å². The molecule has 0 aromatic heterocycles. The highest BCUT2D eigenvalue weighted by Crippen LogP contribution is 2.35. The van der Waals surface area contributed by atoms with Crippen molar-refractivity contribution in [1.82, 2.24) is 4.90 Å². The minimum atomic E-state index is -0.0717. The molecule has 0 radical (unpaired) electrons. The van der Waals surface area contributed by atoms with Crippen molar-refractivity contribution in [2.75, 3.05) is 13.2 Å². The van der Waals surface area contributed by atoms with Gasteiger partial charge in [-0.1, -0.05) is 6.42 Å². The molecule has 2 unspecified atom stereocenters. The van der Waals surface area contributed by atoms with Crippen molar-refractivity contribution in [3.05, 3.63) is 0 Å². The van der Waals surface area contributed by atoms with E-state index in [1.54, 1.807) is 0 Å². The Bertz CT molecular complexity index is 281. The first-order valence-electron chi connectivity index (χ1n) is 7.80. The van der Waals surface area contributed by atoms with Gasteiger partial charge in [0.05, 0.1) is 12.7 Å². The number of hydrogen-bond donors (Lipinski definition) is 1. The lowest BCUT2D eigenvalue weighted by Crippen LogP contribution is -2.44. The fraction of sp³-hybridized carbons (Fsp3) is 0.933. The van der Waals surface area contributed by atoms with Gasteiger partial charge in [0.25, 0.3) is 0 Å². The molecule has 0 amide bonds. The van der Waals surface area contributed by atoms with Crippen LogP contribution in [-0.4, -0.2) is 47.3 Å². The Morgan fingerprint density at radius 1 is 1.21 bits per heavy atom. The summed E-state index contributed by atoms with van der Waals surface area (Å²) in [6, 6.07) is 1.22. The molecule has 4 nitrogen and oxygen atoms in total. The van der Waals surface area contributed by atoms with Gasteiger partial charge in [0.1, 0.15) is 0 Å². The number of hydrogen-bond acceptors (Lipinski definition) is 4. The Kier molecular flexibility index (Phi) is 5.64. The first-order valence-corrected chi connectivity index (χ1v) is 7.80. The van der Waals surface area contributed by atoms with Crippen LogP contribution in [0.1, 0.15) is 58.3 Å². The third-order valence-corrected chi connectivity index (χ3v) is 4.46. The molecule has 2 fully saturated rings. The van der Waals surface area contributed by atoms with Crippen LogP contribution in [-0.2, 0) is 9.53 Å². The first-order chi connectivity index (χ1) is 9.20. The molecule has 0 aromatic rings. The van der Waals surface area contributed by atoms with Crippen molar-refractivity contribution in [2.45, 2.75) is 76.5 Å². The number of carbonyl (C=O) groups excluding carboxylic acids is 1. The van der Waals surface area contributed by atoms with Gasteiger partial charge >= 0.3 is 5.97 Å². The maximum Gasteiger partial charge on any atom is 0.305 e. The summed E-state index contributed by atoms with van der Waals surface area (Å²) in [4.78, 5) is 13.8. The standard InChI is InChI=1S/C15H27NO3/c1-2-19-15(18)6-4-3-5-9-16-12-7-8-13(16)11-14(17)10-12/h12-14,17H,2-11H2,1H3. The SMILES string of the molecule is CCOC(=O)CCCCCN1C2CCC1CC(O)C2. The predicted octanol–water partition coefficient (Wildman–Crippen LogP) is 2.10. The molecule has 0 spiro atoms. The zero-order valence-corrected chi connectivity index (χ0v) is 12.0. The summed E-state index contributed by atoms with van der Waals surface area (Å²) in [5.41, 5.74) is 0. The smallest absolute Gasteiger partial charge is 0.305 e. The van der Waals surface area contributed by atoms with Gasteiger partial charge in [-0.25, -0.2) is 0 Å². The number of esters is 1. The van der Waals surface area contributed by atoms with Gasteiger partial charge < -0.3 is 9.84 Å². The zero-order chi connectivity index (χ0) is 13.7.